The summed E-state index contributed by atoms with van der Waals surface area (Å²) in [6, 6.07) is 15.1. The minimum Gasteiger partial charge on any atom is -0.103 e. The lowest BCUT2D eigenvalue weighted by molar-refractivity contribution is 0.638. The molecule has 0 N–H and O–H groups in total. The van der Waals surface area contributed by atoms with E-state index < -0.39 is 0 Å². The van der Waals surface area contributed by atoms with E-state index >= 15 is 0 Å². The second-order valence-corrected chi connectivity index (χ2v) is 5.53. The number of allylic oxidation sites excluding steroid dienone is 1. The Morgan fingerprint density at radius 2 is 1.57 bits per heavy atom. The molecule has 0 aliphatic carbocycles. The van der Waals surface area contributed by atoms with Gasteiger partial charge in [0.05, 0.1) is 0 Å². The van der Waals surface area contributed by atoms with Crippen LogP contribution in [0, 0.1) is 0 Å². The van der Waals surface area contributed by atoms with E-state index in [1.807, 2.05) is 6.08 Å². The third-order valence-electron chi connectivity index (χ3n) is 3.73. The second kappa shape index (κ2) is 11.1. The molecule has 114 valence electrons. The molecule has 0 fully saturated rings. The third-order valence-corrected chi connectivity index (χ3v) is 3.73. The molecule has 0 nitrogen and oxygen atoms in total. The van der Waals surface area contributed by atoms with Crippen molar-refractivity contribution in [2.24, 2.45) is 0 Å². The molecule has 0 aliphatic rings. The fraction of sp³-hybridized carbons (Fsp3) is 0.429. The molecular weight excluding hydrogens is 252 g/mol. The maximum atomic E-state index is 3.68. The Labute approximate surface area is 130 Å². The van der Waals surface area contributed by atoms with Gasteiger partial charge in [0, 0.05) is 0 Å². The van der Waals surface area contributed by atoms with E-state index in [-0.39, 0.29) is 0 Å². The van der Waals surface area contributed by atoms with E-state index in [0.29, 0.717) is 0 Å². The Morgan fingerprint density at radius 3 is 2.24 bits per heavy atom. The molecule has 0 bridgehead atoms. The Hall–Kier alpha value is -1.56. The average molecular weight is 282 g/mol. The molecule has 0 atom stereocenters. The molecule has 0 saturated carbocycles. The van der Waals surface area contributed by atoms with Crippen molar-refractivity contribution < 1.29 is 0 Å². The predicted molar refractivity (Wildman–Crippen MR) is 96.9 cm³/mol. The highest BCUT2D eigenvalue weighted by atomic mass is 14.0. The first-order valence-electron chi connectivity index (χ1n) is 8.40. The van der Waals surface area contributed by atoms with Gasteiger partial charge in [-0.2, -0.15) is 0 Å². The van der Waals surface area contributed by atoms with E-state index in [1.54, 1.807) is 0 Å². The molecule has 0 unspecified atom stereocenters. The summed E-state index contributed by atoms with van der Waals surface area (Å²) in [5, 5.41) is 2.67. The average Bonchev–Trinajstić information content (AvgIpc) is 2.55. The quantitative estimate of drug-likeness (QED) is 0.381. The molecule has 21 heavy (non-hydrogen) atoms. The zero-order valence-electron chi connectivity index (χ0n) is 13.8. The number of fused-ring (bicyclic) bond motifs is 1. The van der Waals surface area contributed by atoms with Crippen LogP contribution in [0.4, 0.5) is 0 Å². The van der Waals surface area contributed by atoms with Crippen molar-refractivity contribution in [2.75, 3.05) is 0 Å². The van der Waals surface area contributed by atoms with Gasteiger partial charge in [-0.25, -0.2) is 0 Å². The van der Waals surface area contributed by atoms with Crippen molar-refractivity contribution >= 4 is 10.8 Å². The lowest BCUT2D eigenvalue weighted by atomic mass is 10.1. The van der Waals surface area contributed by atoms with E-state index in [9.17, 15) is 0 Å². The number of rotatable bonds is 7. The molecule has 2 aromatic carbocycles. The number of unbranched alkanes of at least 4 members (excludes halogenated alkanes) is 5. The minimum atomic E-state index is 1.12. The molecule has 0 radical (unpaired) electrons. The molecule has 0 saturated heterocycles. The summed E-state index contributed by atoms with van der Waals surface area (Å²) in [5.41, 5.74) is 1.41. The molecular formula is C21H30. The zero-order valence-corrected chi connectivity index (χ0v) is 13.8. The highest BCUT2D eigenvalue weighted by Gasteiger charge is 1.92. The van der Waals surface area contributed by atoms with E-state index in [0.717, 1.165) is 6.42 Å². The number of benzene rings is 2. The van der Waals surface area contributed by atoms with Gasteiger partial charge in [-0.05, 0) is 35.6 Å². The summed E-state index contributed by atoms with van der Waals surface area (Å²) in [7, 11) is 0. The predicted octanol–water partition coefficient (Wildman–Crippen LogP) is 6.94. The summed E-state index contributed by atoms with van der Waals surface area (Å²) in [5.74, 6) is 0. The number of hydrogen-bond acceptors (Lipinski definition) is 0. The van der Waals surface area contributed by atoms with Gasteiger partial charge in [0.15, 0.2) is 0 Å². The Bertz CT molecular complexity index is 510. The molecule has 0 amide bonds. The van der Waals surface area contributed by atoms with Crippen LogP contribution in [0.25, 0.3) is 10.8 Å². The molecule has 0 aliphatic heterocycles. The van der Waals surface area contributed by atoms with E-state index in [2.05, 4.69) is 62.9 Å². The van der Waals surface area contributed by atoms with Gasteiger partial charge in [-0.1, -0.05) is 88.1 Å². The Morgan fingerprint density at radius 1 is 0.857 bits per heavy atom. The van der Waals surface area contributed by atoms with E-state index in [4.69, 9.17) is 0 Å². The Kier molecular flexibility index (Phi) is 9.28. The summed E-state index contributed by atoms with van der Waals surface area (Å²) in [6.45, 7) is 8.11. The third kappa shape index (κ3) is 7.13. The van der Waals surface area contributed by atoms with Crippen LogP contribution in [0.1, 0.15) is 57.9 Å². The first-order valence-corrected chi connectivity index (χ1v) is 8.40. The van der Waals surface area contributed by atoms with Crippen LogP contribution in [0.15, 0.2) is 55.1 Å². The van der Waals surface area contributed by atoms with Crippen LogP contribution in [0.2, 0.25) is 0 Å². The van der Waals surface area contributed by atoms with Crippen LogP contribution in [0.3, 0.4) is 0 Å². The topological polar surface area (TPSA) is 0 Å². The van der Waals surface area contributed by atoms with Crippen LogP contribution in [-0.4, -0.2) is 0 Å². The van der Waals surface area contributed by atoms with Crippen LogP contribution >= 0.6 is 0 Å². The zero-order chi connectivity index (χ0) is 15.3. The largest absolute Gasteiger partial charge is 0.103 e. The first-order chi connectivity index (χ1) is 10.3. The molecule has 2 rings (SSSR count). The fourth-order valence-electron chi connectivity index (χ4n) is 2.35. The maximum Gasteiger partial charge on any atom is -0.0181 e. The SMILES string of the molecule is C=CCCCCCCC.CCc1ccc2ccccc2c1. The lowest BCUT2D eigenvalue weighted by Crippen LogP contribution is -1.79. The van der Waals surface area contributed by atoms with Gasteiger partial charge in [0.25, 0.3) is 0 Å². The number of hydrogen-bond donors (Lipinski definition) is 0. The standard InChI is InChI=1S/C12H12.C9H18/c1-2-10-7-8-11-5-3-4-6-12(11)9-10;1-3-5-7-9-8-6-4-2/h3-9H,2H2,1H3;3H,1,4-9H2,2H3. The first kappa shape index (κ1) is 17.5. The van der Waals surface area contributed by atoms with Crippen LogP contribution < -0.4 is 0 Å². The van der Waals surface area contributed by atoms with E-state index in [1.165, 1.54) is 54.9 Å². The maximum absolute atomic E-state index is 3.68. The molecule has 0 heterocycles. The molecule has 2 aromatic rings. The smallest absolute Gasteiger partial charge is 0.0181 e. The summed E-state index contributed by atoms with van der Waals surface area (Å²) in [4.78, 5) is 0. The van der Waals surface area contributed by atoms with Gasteiger partial charge in [-0.15, -0.1) is 6.58 Å². The van der Waals surface area contributed by atoms with Gasteiger partial charge in [0.1, 0.15) is 0 Å². The minimum absolute atomic E-state index is 1.12. The summed E-state index contributed by atoms with van der Waals surface area (Å²) >= 11 is 0. The molecule has 0 aromatic heterocycles. The lowest BCUT2D eigenvalue weighted by Gasteiger charge is -1.99. The van der Waals surface area contributed by atoms with Gasteiger partial charge < -0.3 is 0 Å². The monoisotopic (exact) mass is 282 g/mol. The molecule has 0 heteroatoms. The van der Waals surface area contributed by atoms with Gasteiger partial charge in [0.2, 0.25) is 0 Å². The van der Waals surface area contributed by atoms with Crippen LogP contribution in [0.5, 0.6) is 0 Å². The normalized spacial score (nSPS) is 10.0. The molecule has 0 spiro atoms. The van der Waals surface area contributed by atoms with Crippen molar-refractivity contribution in [1.82, 2.24) is 0 Å². The van der Waals surface area contributed by atoms with Crippen molar-refractivity contribution in [3.63, 3.8) is 0 Å². The highest BCUT2D eigenvalue weighted by Crippen LogP contribution is 2.15. The summed E-state index contributed by atoms with van der Waals surface area (Å²) < 4.78 is 0. The van der Waals surface area contributed by atoms with Crippen molar-refractivity contribution in [1.29, 1.82) is 0 Å². The van der Waals surface area contributed by atoms with Gasteiger partial charge >= 0.3 is 0 Å². The highest BCUT2D eigenvalue weighted by molar-refractivity contribution is 5.82. The van der Waals surface area contributed by atoms with Crippen molar-refractivity contribution in [3.8, 4) is 0 Å². The summed E-state index contributed by atoms with van der Waals surface area (Å²) in [6.07, 6.45) is 11.2. The van der Waals surface area contributed by atoms with Crippen LogP contribution in [-0.2, 0) is 6.42 Å². The second-order valence-electron chi connectivity index (χ2n) is 5.53. The van der Waals surface area contributed by atoms with Crippen molar-refractivity contribution in [3.05, 3.63) is 60.7 Å². The fourth-order valence-corrected chi connectivity index (χ4v) is 2.35. The Balaban J connectivity index is 0.000000222. The van der Waals surface area contributed by atoms with Crippen molar-refractivity contribution in [2.45, 2.75) is 58.8 Å². The van der Waals surface area contributed by atoms with Gasteiger partial charge in [-0.3, -0.25) is 0 Å². The number of aryl methyl sites for hydroxylation is 1.